The molecule has 5 heteroatoms. The Balaban J connectivity index is 1.86. The number of hydrogen-bond donors (Lipinski definition) is 2. The van der Waals surface area contributed by atoms with E-state index >= 15 is 0 Å². The summed E-state index contributed by atoms with van der Waals surface area (Å²) in [7, 11) is 0. The van der Waals surface area contributed by atoms with E-state index in [1.54, 1.807) is 0 Å². The van der Waals surface area contributed by atoms with Crippen LogP contribution in [0.25, 0.3) is 0 Å². The molecule has 2 unspecified atom stereocenters. The highest BCUT2D eigenvalue weighted by atomic mass is 16.4. The Kier molecular flexibility index (Phi) is 5.40. The van der Waals surface area contributed by atoms with Crippen molar-refractivity contribution in [2.24, 2.45) is 11.8 Å². The summed E-state index contributed by atoms with van der Waals surface area (Å²) >= 11 is 0. The van der Waals surface area contributed by atoms with Gasteiger partial charge in [0.1, 0.15) is 0 Å². The molecule has 1 amide bonds. The normalized spacial score (nSPS) is 29.1. The standard InChI is InChI=1S/C15H26N2O3/c1-2-17-9-7-11(8-10-17)16-14(18)12-5-3-4-6-13(12)15(19)20/h11-13H,2-10H2,1H3,(H,16,18)(H,19,20). The molecule has 0 spiro atoms. The van der Waals surface area contributed by atoms with Crippen LogP contribution in [0.2, 0.25) is 0 Å². The summed E-state index contributed by atoms with van der Waals surface area (Å²) in [4.78, 5) is 26.0. The van der Waals surface area contributed by atoms with Gasteiger partial charge in [-0.05, 0) is 32.2 Å². The van der Waals surface area contributed by atoms with Crippen LogP contribution >= 0.6 is 0 Å². The maximum Gasteiger partial charge on any atom is 0.307 e. The third-order valence-corrected chi connectivity index (χ3v) is 4.80. The van der Waals surface area contributed by atoms with Crippen molar-refractivity contribution >= 4 is 11.9 Å². The molecule has 0 radical (unpaired) electrons. The fourth-order valence-electron chi connectivity index (χ4n) is 3.44. The van der Waals surface area contributed by atoms with E-state index in [9.17, 15) is 14.7 Å². The zero-order valence-corrected chi connectivity index (χ0v) is 12.3. The highest BCUT2D eigenvalue weighted by molar-refractivity contribution is 5.85. The third kappa shape index (κ3) is 3.72. The summed E-state index contributed by atoms with van der Waals surface area (Å²) < 4.78 is 0. The van der Waals surface area contributed by atoms with Crippen LogP contribution in [0.5, 0.6) is 0 Å². The van der Waals surface area contributed by atoms with Crippen molar-refractivity contribution in [3.63, 3.8) is 0 Å². The molecule has 2 atom stereocenters. The number of carbonyl (C=O) groups is 2. The summed E-state index contributed by atoms with van der Waals surface area (Å²) in [5, 5.41) is 12.3. The first-order valence-corrected chi connectivity index (χ1v) is 7.87. The van der Waals surface area contributed by atoms with Gasteiger partial charge < -0.3 is 15.3 Å². The summed E-state index contributed by atoms with van der Waals surface area (Å²) in [5.41, 5.74) is 0. The van der Waals surface area contributed by atoms with Gasteiger partial charge in [0.15, 0.2) is 0 Å². The second kappa shape index (κ2) is 7.07. The summed E-state index contributed by atoms with van der Waals surface area (Å²) in [6, 6.07) is 0.224. The summed E-state index contributed by atoms with van der Waals surface area (Å²) in [6.45, 7) is 5.26. The minimum absolute atomic E-state index is 0.0351. The second-order valence-electron chi connectivity index (χ2n) is 6.05. The molecule has 1 saturated heterocycles. The predicted molar refractivity (Wildman–Crippen MR) is 76.4 cm³/mol. The Morgan fingerprint density at radius 2 is 1.70 bits per heavy atom. The van der Waals surface area contributed by atoms with Crippen molar-refractivity contribution in [3.8, 4) is 0 Å². The van der Waals surface area contributed by atoms with Crippen LogP contribution in [0.3, 0.4) is 0 Å². The molecule has 1 aliphatic heterocycles. The summed E-state index contributed by atoms with van der Waals surface area (Å²) in [5.74, 6) is -1.66. The maximum atomic E-state index is 12.3. The molecule has 2 aliphatic rings. The zero-order chi connectivity index (χ0) is 14.5. The first-order valence-electron chi connectivity index (χ1n) is 7.87. The summed E-state index contributed by atoms with van der Waals surface area (Å²) in [6.07, 6.45) is 5.21. The number of amides is 1. The zero-order valence-electron chi connectivity index (χ0n) is 12.3. The number of hydrogen-bond acceptors (Lipinski definition) is 3. The van der Waals surface area contributed by atoms with Crippen LogP contribution in [0, 0.1) is 11.8 Å². The predicted octanol–water partition coefficient (Wildman–Crippen LogP) is 1.48. The van der Waals surface area contributed by atoms with Gasteiger partial charge in [-0.1, -0.05) is 19.8 Å². The van der Waals surface area contributed by atoms with Crippen molar-refractivity contribution in [3.05, 3.63) is 0 Å². The van der Waals surface area contributed by atoms with Gasteiger partial charge in [0.25, 0.3) is 0 Å². The molecule has 1 aliphatic carbocycles. The van der Waals surface area contributed by atoms with Crippen molar-refractivity contribution in [2.75, 3.05) is 19.6 Å². The van der Waals surface area contributed by atoms with Crippen molar-refractivity contribution in [1.82, 2.24) is 10.2 Å². The topological polar surface area (TPSA) is 69.6 Å². The number of rotatable bonds is 4. The lowest BCUT2D eigenvalue weighted by Gasteiger charge is -2.34. The lowest BCUT2D eigenvalue weighted by Crippen LogP contribution is -2.48. The third-order valence-electron chi connectivity index (χ3n) is 4.80. The number of aliphatic carboxylic acids is 1. The Hall–Kier alpha value is -1.10. The van der Waals surface area contributed by atoms with Crippen LogP contribution in [0.15, 0.2) is 0 Å². The number of nitrogens with one attached hydrogen (secondary N) is 1. The highest BCUT2D eigenvalue weighted by Gasteiger charge is 2.36. The van der Waals surface area contributed by atoms with Crippen molar-refractivity contribution < 1.29 is 14.7 Å². The van der Waals surface area contributed by atoms with Crippen LogP contribution in [0.1, 0.15) is 45.4 Å². The smallest absolute Gasteiger partial charge is 0.307 e. The molecule has 5 nitrogen and oxygen atoms in total. The van der Waals surface area contributed by atoms with Gasteiger partial charge in [0, 0.05) is 19.1 Å². The fraction of sp³-hybridized carbons (Fsp3) is 0.867. The average molecular weight is 282 g/mol. The Morgan fingerprint density at radius 1 is 1.10 bits per heavy atom. The van der Waals surface area contributed by atoms with Crippen LogP contribution in [-0.4, -0.2) is 47.6 Å². The fourth-order valence-corrected chi connectivity index (χ4v) is 3.44. The molecule has 114 valence electrons. The quantitative estimate of drug-likeness (QED) is 0.819. The Morgan fingerprint density at radius 3 is 2.25 bits per heavy atom. The van der Waals surface area contributed by atoms with Crippen LogP contribution < -0.4 is 5.32 Å². The molecule has 0 aromatic carbocycles. The number of carbonyl (C=O) groups excluding carboxylic acids is 1. The SMILES string of the molecule is CCN1CCC(NC(=O)C2CCCCC2C(=O)O)CC1. The molecule has 1 heterocycles. The molecule has 2 rings (SSSR count). The highest BCUT2D eigenvalue weighted by Crippen LogP contribution is 2.30. The Labute approximate surface area is 120 Å². The minimum Gasteiger partial charge on any atom is -0.481 e. The number of piperidine rings is 1. The van der Waals surface area contributed by atoms with E-state index in [1.165, 1.54) is 0 Å². The number of nitrogens with zero attached hydrogens (tertiary/aromatic N) is 1. The van der Waals surface area contributed by atoms with Crippen LogP contribution in [-0.2, 0) is 9.59 Å². The molecule has 0 aromatic rings. The van der Waals surface area contributed by atoms with Gasteiger partial charge in [0.2, 0.25) is 5.91 Å². The van der Waals surface area contributed by atoms with E-state index in [2.05, 4.69) is 17.1 Å². The molecular formula is C15H26N2O3. The van der Waals surface area contributed by atoms with E-state index in [1.807, 2.05) is 0 Å². The first kappa shape index (κ1) is 15.3. The number of carboxylic acid groups (broad SMARTS) is 1. The van der Waals surface area contributed by atoms with E-state index in [-0.39, 0.29) is 17.9 Å². The van der Waals surface area contributed by atoms with Crippen LogP contribution in [0.4, 0.5) is 0 Å². The van der Waals surface area contributed by atoms with Crippen molar-refractivity contribution in [1.29, 1.82) is 0 Å². The largest absolute Gasteiger partial charge is 0.481 e. The van der Waals surface area contributed by atoms with E-state index in [4.69, 9.17) is 0 Å². The van der Waals surface area contributed by atoms with Gasteiger partial charge >= 0.3 is 5.97 Å². The molecule has 1 saturated carbocycles. The van der Waals surface area contributed by atoms with E-state index in [0.29, 0.717) is 6.42 Å². The molecule has 0 bridgehead atoms. The second-order valence-corrected chi connectivity index (χ2v) is 6.05. The van der Waals surface area contributed by atoms with Gasteiger partial charge in [-0.3, -0.25) is 9.59 Å². The van der Waals surface area contributed by atoms with Gasteiger partial charge in [-0.2, -0.15) is 0 Å². The number of carboxylic acids is 1. The molecule has 2 fully saturated rings. The molecular weight excluding hydrogens is 256 g/mol. The monoisotopic (exact) mass is 282 g/mol. The van der Waals surface area contributed by atoms with E-state index < -0.39 is 11.9 Å². The van der Waals surface area contributed by atoms with Gasteiger partial charge in [0.05, 0.1) is 11.8 Å². The molecule has 20 heavy (non-hydrogen) atoms. The maximum absolute atomic E-state index is 12.3. The Bertz CT molecular complexity index is 351. The van der Waals surface area contributed by atoms with Crippen molar-refractivity contribution in [2.45, 2.75) is 51.5 Å². The van der Waals surface area contributed by atoms with Gasteiger partial charge in [-0.15, -0.1) is 0 Å². The lowest BCUT2D eigenvalue weighted by atomic mass is 9.78. The lowest BCUT2D eigenvalue weighted by molar-refractivity contribution is -0.149. The number of likely N-dealkylation sites (tertiary alicyclic amines) is 1. The average Bonchev–Trinajstić information content (AvgIpc) is 2.48. The van der Waals surface area contributed by atoms with Gasteiger partial charge in [-0.25, -0.2) is 0 Å². The first-order chi connectivity index (χ1) is 9.61. The van der Waals surface area contributed by atoms with E-state index in [0.717, 1.165) is 51.7 Å². The molecule has 0 aromatic heterocycles. The molecule has 2 N–H and O–H groups in total. The minimum atomic E-state index is -0.814.